The minimum absolute atomic E-state index is 0.0424. The van der Waals surface area contributed by atoms with Gasteiger partial charge >= 0.3 is 0 Å². The van der Waals surface area contributed by atoms with Crippen LogP contribution in [0.2, 0.25) is 0 Å². The van der Waals surface area contributed by atoms with Gasteiger partial charge in [0.05, 0.1) is 13.2 Å². The third kappa shape index (κ3) is 6.67. The Morgan fingerprint density at radius 2 is 1.78 bits per heavy atom. The highest BCUT2D eigenvalue weighted by Crippen LogP contribution is 2.09. The van der Waals surface area contributed by atoms with Gasteiger partial charge in [-0.2, -0.15) is 5.10 Å². The van der Waals surface area contributed by atoms with Crippen molar-refractivity contribution in [2.75, 3.05) is 0 Å². The van der Waals surface area contributed by atoms with Crippen molar-refractivity contribution in [1.29, 1.82) is 0 Å². The molecule has 1 N–H and O–H groups in total. The third-order valence-corrected chi connectivity index (χ3v) is 4.12. The van der Waals surface area contributed by atoms with Gasteiger partial charge in [0, 0.05) is 19.5 Å². The first-order valence-electron chi connectivity index (χ1n) is 9.08. The zero-order chi connectivity index (χ0) is 18.7. The lowest BCUT2D eigenvalue weighted by molar-refractivity contribution is -0.121. The molecule has 3 aromatic rings. The summed E-state index contributed by atoms with van der Waals surface area (Å²) in [5.74, 6) is 0.0424. The van der Waals surface area contributed by atoms with Crippen LogP contribution >= 0.6 is 0 Å². The van der Waals surface area contributed by atoms with Crippen LogP contribution in [0.1, 0.15) is 29.5 Å². The summed E-state index contributed by atoms with van der Waals surface area (Å²) in [6.45, 7) is 2.36. The number of nitrogens with one attached hydrogen (secondary N) is 1. The Balaban J connectivity index is 1.37. The number of carbonyl (C=O) groups is 1. The van der Waals surface area contributed by atoms with E-state index in [4.69, 9.17) is 4.74 Å². The highest BCUT2D eigenvalue weighted by atomic mass is 16.5. The molecule has 0 fully saturated rings. The quantitative estimate of drug-likeness (QED) is 0.600. The van der Waals surface area contributed by atoms with Crippen LogP contribution in [0.25, 0.3) is 0 Å². The summed E-state index contributed by atoms with van der Waals surface area (Å²) in [5, 5.41) is 6.99. The van der Waals surface area contributed by atoms with Crippen LogP contribution < -0.4 is 5.32 Å². The molecule has 0 saturated heterocycles. The van der Waals surface area contributed by atoms with Gasteiger partial charge in [-0.25, -0.2) is 4.98 Å². The zero-order valence-corrected chi connectivity index (χ0v) is 15.3. The van der Waals surface area contributed by atoms with Crippen molar-refractivity contribution in [1.82, 2.24) is 20.1 Å². The standard InChI is InChI=1S/C21H24N4O2/c26-21(10-5-11-25-17-22-16-24-25)23-13-19-8-4-9-20(12-19)15-27-14-18-6-2-1-3-7-18/h1-4,6-9,12,16-17H,5,10-11,13-15H2,(H,23,26). The van der Waals surface area contributed by atoms with Crippen molar-refractivity contribution < 1.29 is 9.53 Å². The molecule has 0 bridgehead atoms. The molecule has 1 amide bonds. The number of rotatable bonds is 10. The van der Waals surface area contributed by atoms with Gasteiger partial charge in [0.2, 0.25) is 5.91 Å². The topological polar surface area (TPSA) is 69.0 Å². The van der Waals surface area contributed by atoms with Gasteiger partial charge in [0.15, 0.2) is 0 Å². The Labute approximate surface area is 159 Å². The Bertz CT molecular complexity index is 819. The van der Waals surface area contributed by atoms with Crippen LogP contribution in [-0.4, -0.2) is 20.7 Å². The van der Waals surface area contributed by atoms with Gasteiger partial charge in [-0.3, -0.25) is 9.48 Å². The third-order valence-electron chi connectivity index (χ3n) is 4.12. The second kappa shape index (κ2) is 10.2. The second-order valence-electron chi connectivity index (χ2n) is 6.34. The first kappa shape index (κ1) is 18.8. The molecule has 3 rings (SSSR count). The SMILES string of the molecule is O=C(CCCn1cncn1)NCc1cccc(COCc2ccccc2)c1. The molecule has 27 heavy (non-hydrogen) atoms. The molecule has 0 aliphatic carbocycles. The molecular weight excluding hydrogens is 340 g/mol. The zero-order valence-electron chi connectivity index (χ0n) is 15.3. The first-order valence-corrected chi connectivity index (χ1v) is 9.08. The molecule has 6 nitrogen and oxygen atoms in total. The summed E-state index contributed by atoms with van der Waals surface area (Å²) in [6.07, 6.45) is 4.36. The first-order chi connectivity index (χ1) is 13.3. The molecule has 0 radical (unpaired) electrons. The highest BCUT2D eigenvalue weighted by molar-refractivity contribution is 5.75. The fraction of sp³-hybridized carbons (Fsp3) is 0.286. The molecule has 0 spiro atoms. The Morgan fingerprint density at radius 1 is 1.00 bits per heavy atom. The van der Waals surface area contributed by atoms with Crippen molar-refractivity contribution in [3.8, 4) is 0 Å². The molecule has 0 aliphatic rings. The maximum absolute atomic E-state index is 12.0. The number of hydrogen-bond donors (Lipinski definition) is 1. The van der Waals surface area contributed by atoms with Gasteiger partial charge in [-0.05, 0) is 23.1 Å². The van der Waals surface area contributed by atoms with E-state index in [0.717, 1.165) is 23.1 Å². The molecule has 1 aromatic heterocycles. The minimum Gasteiger partial charge on any atom is -0.372 e. The van der Waals surface area contributed by atoms with E-state index in [9.17, 15) is 4.79 Å². The van der Waals surface area contributed by atoms with Crippen LogP contribution in [0.4, 0.5) is 0 Å². The molecule has 1 heterocycles. The van der Waals surface area contributed by atoms with Crippen molar-refractivity contribution in [2.24, 2.45) is 0 Å². The molecule has 6 heteroatoms. The predicted molar refractivity (Wildman–Crippen MR) is 102 cm³/mol. The Hall–Kier alpha value is -2.99. The summed E-state index contributed by atoms with van der Waals surface area (Å²) >= 11 is 0. The summed E-state index contributed by atoms with van der Waals surface area (Å²) in [4.78, 5) is 15.9. The van der Waals surface area contributed by atoms with E-state index in [1.165, 1.54) is 6.33 Å². The average molecular weight is 364 g/mol. The fourth-order valence-corrected chi connectivity index (χ4v) is 2.73. The average Bonchev–Trinajstić information content (AvgIpc) is 3.21. The highest BCUT2D eigenvalue weighted by Gasteiger charge is 2.03. The molecule has 0 unspecified atom stereocenters. The number of aromatic nitrogens is 3. The molecule has 0 saturated carbocycles. The lowest BCUT2D eigenvalue weighted by atomic mass is 10.1. The van der Waals surface area contributed by atoms with Crippen LogP contribution in [0.3, 0.4) is 0 Å². The molecule has 0 aliphatic heterocycles. The van der Waals surface area contributed by atoms with E-state index < -0.39 is 0 Å². The van der Waals surface area contributed by atoms with E-state index in [1.807, 2.05) is 36.4 Å². The number of hydrogen-bond acceptors (Lipinski definition) is 4. The van der Waals surface area contributed by atoms with Gasteiger partial charge in [0.25, 0.3) is 0 Å². The van der Waals surface area contributed by atoms with E-state index >= 15 is 0 Å². The van der Waals surface area contributed by atoms with Gasteiger partial charge in [-0.1, -0.05) is 54.6 Å². The normalized spacial score (nSPS) is 10.7. The van der Waals surface area contributed by atoms with Crippen molar-refractivity contribution >= 4 is 5.91 Å². The van der Waals surface area contributed by atoms with Crippen molar-refractivity contribution in [2.45, 2.75) is 39.1 Å². The van der Waals surface area contributed by atoms with Gasteiger partial charge in [-0.15, -0.1) is 0 Å². The van der Waals surface area contributed by atoms with Gasteiger partial charge < -0.3 is 10.1 Å². The van der Waals surface area contributed by atoms with Crippen LogP contribution in [-0.2, 0) is 35.8 Å². The number of nitrogens with zero attached hydrogens (tertiary/aromatic N) is 3. The van der Waals surface area contributed by atoms with E-state index in [1.54, 1.807) is 11.0 Å². The summed E-state index contributed by atoms with van der Waals surface area (Å²) < 4.78 is 7.50. The molecule has 0 atom stereocenters. The van der Waals surface area contributed by atoms with Crippen molar-refractivity contribution in [3.63, 3.8) is 0 Å². The number of aryl methyl sites for hydroxylation is 1. The van der Waals surface area contributed by atoms with Crippen LogP contribution in [0.15, 0.2) is 67.3 Å². The van der Waals surface area contributed by atoms with Crippen LogP contribution in [0.5, 0.6) is 0 Å². The lowest BCUT2D eigenvalue weighted by Crippen LogP contribution is -2.22. The monoisotopic (exact) mass is 364 g/mol. The predicted octanol–water partition coefficient (Wildman–Crippen LogP) is 3.09. The lowest BCUT2D eigenvalue weighted by Gasteiger charge is -2.08. The molecule has 140 valence electrons. The smallest absolute Gasteiger partial charge is 0.220 e. The van der Waals surface area contributed by atoms with Crippen molar-refractivity contribution in [3.05, 3.63) is 83.9 Å². The molecular formula is C21H24N4O2. The number of ether oxygens (including phenoxy) is 1. The summed E-state index contributed by atoms with van der Waals surface area (Å²) in [5.41, 5.74) is 3.33. The number of amides is 1. The maximum atomic E-state index is 12.0. The number of benzene rings is 2. The largest absolute Gasteiger partial charge is 0.372 e. The second-order valence-corrected chi connectivity index (χ2v) is 6.34. The number of carbonyl (C=O) groups excluding carboxylic acids is 1. The van der Waals surface area contributed by atoms with E-state index in [2.05, 4.69) is 33.6 Å². The Kier molecular flexibility index (Phi) is 7.12. The van der Waals surface area contributed by atoms with E-state index in [-0.39, 0.29) is 5.91 Å². The molecule has 2 aromatic carbocycles. The summed E-state index contributed by atoms with van der Waals surface area (Å²) in [6, 6.07) is 18.2. The minimum atomic E-state index is 0.0424. The fourth-order valence-electron chi connectivity index (χ4n) is 2.73. The Morgan fingerprint density at radius 3 is 2.59 bits per heavy atom. The van der Waals surface area contributed by atoms with Gasteiger partial charge in [0.1, 0.15) is 12.7 Å². The van der Waals surface area contributed by atoms with Crippen LogP contribution in [0, 0.1) is 0 Å². The van der Waals surface area contributed by atoms with E-state index in [0.29, 0.717) is 32.7 Å². The summed E-state index contributed by atoms with van der Waals surface area (Å²) in [7, 11) is 0. The maximum Gasteiger partial charge on any atom is 0.220 e.